The van der Waals surface area contributed by atoms with E-state index in [2.05, 4.69) is 27.5 Å². The number of amides is 3. The molecule has 1 saturated heterocycles. The van der Waals surface area contributed by atoms with Crippen LogP contribution in [0.3, 0.4) is 0 Å². The third kappa shape index (κ3) is 6.53. The molecule has 2 aromatic carbocycles. The minimum atomic E-state index is -0.770. The number of carbonyl (C=O) groups is 3. The van der Waals surface area contributed by atoms with Gasteiger partial charge in [0, 0.05) is 56.6 Å². The van der Waals surface area contributed by atoms with Crippen molar-refractivity contribution in [2.24, 2.45) is 5.92 Å². The van der Waals surface area contributed by atoms with Gasteiger partial charge in [-0.2, -0.15) is 0 Å². The molecule has 198 valence electrons. The summed E-state index contributed by atoms with van der Waals surface area (Å²) in [5, 5.41) is 5.44. The van der Waals surface area contributed by atoms with Crippen molar-refractivity contribution in [3.05, 3.63) is 59.4 Å². The lowest BCUT2D eigenvalue weighted by atomic mass is 9.99. The van der Waals surface area contributed by atoms with Crippen LogP contribution in [0.4, 0.5) is 15.8 Å². The number of halogens is 1. The maximum absolute atomic E-state index is 13.5. The zero-order valence-electron chi connectivity index (χ0n) is 21.8. The smallest absolute Gasteiger partial charge is 0.313 e. The number of rotatable bonds is 6. The lowest BCUT2D eigenvalue weighted by molar-refractivity contribution is -0.136. The van der Waals surface area contributed by atoms with Gasteiger partial charge in [-0.1, -0.05) is 32.0 Å². The van der Waals surface area contributed by atoms with Crippen LogP contribution in [0.5, 0.6) is 0 Å². The topological polar surface area (TPSA) is 85.0 Å². The third-order valence-corrected chi connectivity index (χ3v) is 7.12. The molecule has 37 heavy (non-hydrogen) atoms. The quantitative estimate of drug-likeness (QED) is 0.585. The molecule has 2 heterocycles. The van der Waals surface area contributed by atoms with Gasteiger partial charge in [-0.3, -0.25) is 19.3 Å². The Morgan fingerprint density at radius 2 is 1.65 bits per heavy atom. The number of benzene rings is 2. The number of carbonyl (C=O) groups excluding carboxylic acids is 3. The van der Waals surface area contributed by atoms with Gasteiger partial charge in [-0.15, -0.1) is 0 Å². The van der Waals surface area contributed by atoms with Crippen LogP contribution in [0.15, 0.2) is 42.5 Å². The van der Waals surface area contributed by atoms with Gasteiger partial charge in [0.2, 0.25) is 5.91 Å². The van der Waals surface area contributed by atoms with Crippen molar-refractivity contribution in [2.75, 3.05) is 56.5 Å². The molecule has 9 heteroatoms. The van der Waals surface area contributed by atoms with Crippen LogP contribution in [0.1, 0.15) is 37.4 Å². The van der Waals surface area contributed by atoms with Gasteiger partial charge in [0.05, 0.1) is 6.04 Å². The van der Waals surface area contributed by atoms with Crippen LogP contribution in [0.2, 0.25) is 0 Å². The summed E-state index contributed by atoms with van der Waals surface area (Å²) in [5.41, 5.74) is 3.19. The summed E-state index contributed by atoms with van der Waals surface area (Å²) in [5.74, 6) is -1.92. The van der Waals surface area contributed by atoms with Gasteiger partial charge < -0.3 is 20.4 Å². The summed E-state index contributed by atoms with van der Waals surface area (Å²) < 4.78 is 13.5. The first-order chi connectivity index (χ1) is 17.7. The Morgan fingerprint density at radius 1 is 0.946 bits per heavy atom. The highest BCUT2D eigenvalue weighted by molar-refractivity contribution is 6.39. The molecule has 3 amide bonds. The molecule has 2 N–H and O–H groups in total. The van der Waals surface area contributed by atoms with Gasteiger partial charge in [0.25, 0.3) is 0 Å². The van der Waals surface area contributed by atoms with Gasteiger partial charge >= 0.3 is 11.8 Å². The summed E-state index contributed by atoms with van der Waals surface area (Å²) in [6, 6.07) is 11.5. The standard InChI is InChI=1S/C28H36FN5O3/c1-19(2)28(37)34-12-4-5-20-8-11-23(17-24(20)34)31-27(36)26(35)30-18-25(21-6-9-22(29)10-7-21)33-15-13-32(3)14-16-33/h6-11,17,19,25H,4-5,12-16,18H2,1-3H3,(H,30,35)(H,31,36). The van der Waals surface area contributed by atoms with E-state index in [4.69, 9.17) is 0 Å². The average molecular weight is 510 g/mol. The Labute approximate surface area is 217 Å². The van der Waals surface area contributed by atoms with E-state index in [1.165, 1.54) is 12.1 Å². The second-order valence-electron chi connectivity index (χ2n) is 10.2. The number of likely N-dealkylation sites (N-methyl/N-ethyl adjacent to an activating group) is 1. The fraction of sp³-hybridized carbons (Fsp3) is 0.464. The number of nitrogens with zero attached hydrogens (tertiary/aromatic N) is 3. The van der Waals surface area contributed by atoms with Crippen LogP contribution >= 0.6 is 0 Å². The molecule has 0 aromatic heterocycles. The molecule has 0 spiro atoms. The summed E-state index contributed by atoms with van der Waals surface area (Å²) in [6.07, 6.45) is 1.76. The van der Waals surface area contributed by atoms with E-state index in [-0.39, 0.29) is 30.2 Å². The molecule has 2 aliphatic rings. The summed E-state index contributed by atoms with van der Waals surface area (Å²) >= 11 is 0. The van der Waals surface area contributed by atoms with Crippen LogP contribution in [0.25, 0.3) is 0 Å². The van der Waals surface area contributed by atoms with Gasteiger partial charge in [0.1, 0.15) is 5.82 Å². The van der Waals surface area contributed by atoms with Crippen LogP contribution in [-0.2, 0) is 20.8 Å². The number of hydrogen-bond acceptors (Lipinski definition) is 5. The van der Waals surface area contributed by atoms with Gasteiger partial charge in [-0.25, -0.2) is 4.39 Å². The maximum Gasteiger partial charge on any atom is 0.313 e. The molecule has 8 nitrogen and oxygen atoms in total. The van der Waals surface area contributed by atoms with Crippen molar-refractivity contribution < 1.29 is 18.8 Å². The number of aryl methyl sites for hydroxylation is 1. The lowest BCUT2D eigenvalue weighted by Gasteiger charge is -2.38. The Balaban J connectivity index is 1.42. The van der Waals surface area contributed by atoms with Crippen LogP contribution < -0.4 is 15.5 Å². The molecule has 0 bridgehead atoms. The van der Waals surface area contributed by atoms with E-state index in [0.717, 1.165) is 55.8 Å². The molecule has 0 aliphatic carbocycles. The maximum atomic E-state index is 13.5. The third-order valence-electron chi connectivity index (χ3n) is 7.12. The predicted octanol–water partition coefficient (Wildman–Crippen LogP) is 2.80. The highest BCUT2D eigenvalue weighted by Gasteiger charge is 2.27. The first-order valence-electron chi connectivity index (χ1n) is 12.9. The number of nitrogens with one attached hydrogen (secondary N) is 2. The Hall–Kier alpha value is -3.30. The van der Waals surface area contributed by atoms with E-state index in [0.29, 0.717) is 12.2 Å². The van der Waals surface area contributed by atoms with Crippen molar-refractivity contribution in [3.8, 4) is 0 Å². The van der Waals surface area contributed by atoms with E-state index in [9.17, 15) is 18.8 Å². The summed E-state index contributed by atoms with van der Waals surface area (Å²) in [6.45, 7) is 7.99. The van der Waals surface area contributed by atoms with Crippen LogP contribution in [0, 0.1) is 11.7 Å². The Bertz CT molecular complexity index is 1130. The molecular formula is C28H36FN5O3. The van der Waals surface area contributed by atoms with Crippen LogP contribution in [-0.4, -0.2) is 73.8 Å². The van der Waals surface area contributed by atoms with Gasteiger partial charge in [0.15, 0.2) is 0 Å². The summed E-state index contributed by atoms with van der Waals surface area (Å²) in [4.78, 5) is 44.4. The van der Waals surface area contributed by atoms with Crippen molar-refractivity contribution in [1.82, 2.24) is 15.1 Å². The molecule has 2 aromatic rings. The fourth-order valence-corrected chi connectivity index (χ4v) is 4.93. The van der Waals surface area contributed by atoms with E-state index in [1.807, 2.05) is 19.9 Å². The monoisotopic (exact) mass is 509 g/mol. The zero-order valence-corrected chi connectivity index (χ0v) is 21.8. The van der Waals surface area contributed by atoms with E-state index >= 15 is 0 Å². The molecule has 1 atom stereocenters. The number of hydrogen-bond donors (Lipinski definition) is 2. The number of anilines is 2. The highest BCUT2D eigenvalue weighted by atomic mass is 19.1. The molecule has 2 aliphatic heterocycles. The zero-order chi connectivity index (χ0) is 26.5. The fourth-order valence-electron chi connectivity index (χ4n) is 4.93. The summed E-state index contributed by atoms with van der Waals surface area (Å²) in [7, 11) is 2.06. The first-order valence-corrected chi connectivity index (χ1v) is 12.9. The van der Waals surface area contributed by atoms with Crippen molar-refractivity contribution >= 4 is 29.1 Å². The second-order valence-corrected chi connectivity index (χ2v) is 10.2. The van der Waals surface area contributed by atoms with Crippen molar-refractivity contribution in [1.29, 1.82) is 0 Å². The largest absolute Gasteiger partial charge is 0.346 e. The molecular weight excluding hydrogens is 473 g/mol. The Morgan fingerprint density at radius 3 is 2.32 bits per heavy atom. The SMILES string of the molecule is CC(C)C(=O)N1CCCc2ccc(NC(=O)C(=O)NCC(c3ccc(F)cc3)N3CCN(C)CC3)cc21. The molecule has 1 fully saturated rings. The van der Waals surface area contributed by atoms with Gasteiger partial charge in [-0.05, 0) is 55.3 Å². The Kier molecular flexibility index (Phi) is 8.56. The minimum absolute atomic E-state index is 0.0397. The number of fused-ring (bicyclic) bond motifs is 1. The molecule has 0 saturated carbocycles. The first kappa shape index (κ1) is 26.8. The van der Waals surface area contributed by atoms with E-state index in [1.54, 1.807) is 29.2 Å². The molecule has 1 unspecified atom stereocenters. The average Bonchev–Trinajstić information content (AvgIpc) is 2.89. The van der Waals surface area contributed by atoms with E-state index < -0.39 is 11.8 Å². The molecule has 4 rings (SSSR count). The van der Waals surface area contributed by atoms with Crippen molar-refractivity contribution in [3.63, 3.8) is 0 Å². The second kappa shape index (κ2) is 11.8. The normalized spacial score (nSPS) is 17.3. The van der Waals surface area contributed by atoms with Crippen molar-refractivity contribution in [2.45, 2.75) is 32.7 Å². The number of piperazine rings is 1. The highest BCUT2D eigenvalue weighted by Crippen LogP contribution is 2.31. The predicted molar refractivity (Wildman–Crippen MR) is 142 cm³/mol. The lowest BCUT2D eigenvalue weighted by Crippen LogP contribution is -2.49. The minimum Gasteiger partial charge on any atom is -0.346 e. The molecule has 0 radical (unpaired) electrons.